The zero-order chi connectivity index (χ0) is 16.2. The molecule has 0 saturated carbocycles. The second-order valence-electron chi connectivity index (χ2n) is 4.74. The minimum atomic E-state index is -0.440. The van der Waals surface area contributed by atoms with Gasteiger partial charge in [-0.3, -0.25) is 9.36 Å². The van der Waals surface area contributed by atoms with E-state index in [9.17, 15) is 9.18 Å². The molecule has 3 rings (SSSR count). The third-order valence-electron chi connectivity index (χ3n) is 3.07. The average molecular weight is 328 g/mol. The highest BCUT2D eigenvalue weighted by Crippen LogP contribution is 2.28. The lowest BCUT2D eigenvalue weighted by molar-refractivity contribution is -0.115. The van der Waals surface area contributed by atoms with Crippen molar-refractivity contribution in [3.63, 3.8) is 0 Å². The van der Waals surface area contributed by atoms with Gasteiger partial charge >= 0.3 is 0 Å². The first-order valence-electron chi connectivity index (χ1n) is 6.83. The van der Waals surface area contributed by atoms with Crippen LogP contribution in [-0.2, 0) is 4.79 Å². The van der Waals surface area contributed by atoms with Crippen molar-refractivity contribution in [2.75, 3.05) is 5.75 Å². The predicted molar refractivity (Wildman–Crippen MR) is 86.7 cm³/mol. The molecule has 0 atom stereocenters. The topological polar surface area (TPSA) is 73.8 Å². The van der Waals surface area contributed by atoms with Gasteiger partial charge < -0.3 is 5.73 Å². The van der Waals surface area contributed by atoms with Gasteiger partial charge in [-0.2, -0.15) is 0 Å². The molecule has 0 fully saturated rings. The Kier molecular flexibility index (Phi) is 4.38. The first-order valence-corrected chi connectivity index (χ1v) is 7.81. The molecule has 0 aliphatic heterocycles. The number of hydrogen-bond donors (Lipinski definition) is 1. The Morgan fingerprint density at radius 1 is 1.13 bits per heavy atom. The molecule has 23 heavy (non-hydrogen) atoms. The van der Waals surface area contributed by atoms with Crippen LogP contribution in [0, 0.1) is 5.82 Å². The molecule has 2 aromatic carbocycles. The van der Waals surface area contributed by atoms with E-state index in [1.165, 1.54) is 23.9 Å². The van der Waals surface area contributed by atoms with E-state index in [4.69, 9.17) is 5.73 Å². The van der Waals surface area contributed by atoms with E-state index in [0.717, 1.165) is 5.69 Å². The van der Waals surface area contributed by atoms with Crippen LogP contribution >= 0.6 is 11.8 Å². The molecule has 0 unspecified atom stereocenters. The van der Waals surface area contributed by atoms with Crippen molar-refractivity contribution in [1.29, 1.82) is 0 Å². The summed E-state index contributed by atoms with van der Waals surface area (Å²) in [6.07, 6.45) is 0. The molecular formula is C16H13FN4OS. The van der Waals surface area contributed by atoms with Crippen molar-refractivity contribution < 1.29 is 9.18 Å². The normalized spacial score (nSPS) is 10.7. The molecule has 3 aromatic rings. The number of hydrogen-bond acceptors (Lipinski definition) is 4. The minimum absolute atomic E-state index is 0.0914. The van der Waals surface area contributed by atoms with Gasteiger partial charge in [-0.15, -0.1) is 10.2 Å². The highest BCUT2D eigenvalue weighted by Gasteiger charge is 2.16. The summed E-state index contributed by atoms with van der Waals surface area (Å²) in [5, 5.41) is 8.79. The summed E-state index contributed by atoms with van der Waals surface area (Å²) in [7, 11) is 0. The molecule has 0 aliphatic rings. The van der Waals surface area contributed by atoms with Crippen molar-refractivity contribution in [3.05, 3.63) is 60.4 Å². The van der Waals surface area contributed by atoms with Gasteiger partial charge in [0.25, 0.3) is 0 Å². The van der Waals surface area contributed by atoms with Crippen molar-refractivity contribution in [3.8, 4) is 17.1 Å². The first-order chi connectivity index (χ1) is 11.1. The van der Waals surface area contributed by atoms with E-state index in [2.05, 4.69) is 10.2 Å². The number of nitrogens with zero attached hydrogens (tertiary/aromatic N) is 3. The van der Waals surface area contributed by atoms with Gasteiger partial charge in [0.2, 0.25) is 5.91 Å². The number of carbonyl (C=O) groups is 1. The van der Waals surface area contributed by atoms with Crippen molar-refractivity contribution in [2.24, 2.45) is 5.73 Å². The van der Waals surface area contributed by atoms with Crippen LogP contribution in [0.25, 0.3) is 17.1 Å². The van der Waals surface area contributed by atoms with E-state index in [1.54, 1.807) is 16.7 Å². The van der Waals surface area contributed by atoms with Crippen LogP contribution in [0.3, 0.4) is 0 Å². The summed E-state index contributed by atoms with van der Waals surface area (Å²) in [5.41, 5.74) is 6.63. The lowest BCUT2D eigenvalue weighted by Gasteiger charge is -2.09. The number of nitrogens with two attached hydrogens (primary N) is 1. The molecule has 1 aromatic heterocycles. The number of thioether (sulfide) groups is 1. The molecule has 116 valence electrons. The zero-order valence-electron chi connectivity index (χ0n) is 12.0. The lowest BCUT2D eigenvalue weighted by atomic mass is 10.2. The minimum Gasteiger partial charge on any atom is -0.369 e. The fraction of sp³-hybridized carbons (Fsp3) is 0.0625. The number of amides is 1. The van der Waals surface area contributed by atoms with E-state index < -0.39 is 5.91 Å². The number of aromatic nitrogens is 3. The van der Waals surface area contributed by atoms with Crippen LogP contribution in [0.2, 0.25) is 0 Å². The van der Waals surface area contributed by atoms with E-state index in [0.29, 0.717) is 16.5 Å². The highest BCUT2D eigenvalue weighted by molar-refractivity contribution is 7.99. The molecule has 0 radical (unpaired) electrons. The van der Waals surface area contributed by atoms with Crippen LogP contribution in [-0.4, -0.2) is 26.4 Å². The van der Waals surface area contributed by atoms with E-state index >= 15 is 0 Å². The maximum Gasteiger partial charge on any atom is 0.227 e. The Labute approximate surface area is 136 Å². The number of benzene rings is 2. The fourth-order valence-corrected chi connectivity index (χ4v) is 2.81. The van der Waals surface area contributed by atoms with Crippen LogP contribution in [0.15, 0.2) is 59.8 Å². The molecule has 7 heteroatoms. The first kappa shape index (κ1) is 15.2. The Morgan fingerprint density at radius 2 is 1.91 bits per heavy atom. The van der Waals surface area contributed by atoms with Crippen LogP contribution in [0.5, 0.6) is 0 Å². The monoisotopic (exact) mass is 328 g/mol. The molecule has 0 bridgehead atoms. The summed E-state index contributed by atoms with van der Waals surface area (Å²) in [6.45, 7) is 0. The summed E-state index contributed by atoms with van der Waals surface area (Å²) < 4.78 is 15.3. The Bertz CT molecular complexity index is 835. The summed E-state index contributed by atoms with van der Waals surface area (Å²) in [5.74, 6) is -0.197. The molecular weight excluding hydrogens is 315 g/mol. The predicted octanol–water partition coefficient (Wildman–Crippen LogP) is 2.65. The Hall–Kier alpha value is -2.67. The third kappa shape index (κ3) is 3.40. The lowest BCUT2D eigenvalue weighted by Crippen LogP contribution is -2.13. The largest absolute Gasteiger partial charge is 0.369 e. The van der Waals surface area contributed by atoms with E-state index in [-0.39, 0.29) is 11.6 Å². The second kappa shape index (κ2) is 6.62. The number of carbonyl (C=O) groups excluding carboxylic acids is 1. The van der Waals surface area contributed by atoms with Gasteiger partial charge in [-0.05, 0) is 24.3 Å². The maximum atomic E-state index is 13.5. The molecule has 0 spiro atoms. The number of primary amides is 1. The van der Waals surface area contributed by atoms with Crippen molar-refractivity contribution >= 4 is 17.7 Å². The highest BCUT2D eigenvalue weighted by atomic mass is 32.2. The molecule has 0 aliphatic carbocycles. The zero-order valence-corrected chi connectivity index (χ0v) is 12.8. The summed E-state index contributed by atoms with van der Waals surface area (Å²) in [4.78, 5) is 11.0. The van der Waals surface area contributed by atoms with Crippen molar-refractivity contribution in [2.45, 2.75) is 5.16 Å². The summed E-state index contributed by atoms with van der Waals surface area (Å²) >= 11 is 1.19. The van der Waals surface area contributed by atoms with Gasteiger partial charge in [-0.1, -0.05) is 42.1 Å². The number of halogens is 1. The van der Waals surface area contributed by atoms with Gasteiger partial charge in [0.15, 0.2) is 11.0 Å². The van der Waals surface area contributed by atoms with Gasteiger partial charge in [0.05, 0.1) is 5.75 Å². The number of para-hydroxylation sites is 1. The van der Waals surface area contributed by atoms with Crippen LogP contribution in [0.1, 0.15) is 0 Å². The molecule has 1 heterocycles. The van der Waals surface area contributed by atoms with Crippen molar-refractivity contribution in [1.82, 2.24) is 14.8 Å². The van der Waals surface area contributed by atoms with Gasteiger partial charge in [0, 0.05) is 11.3 Å². The van der Waals surface area contributed by atoms with Crippen LogP contribution < -0.4 is 5.73 Å². The van der Waals surface area contributed by atoms with Gasteiger partial charge in [0.1, 0.15) is 5.82 Å². The third-order valence-corrected chi connectivity index (χ3v) is 4.03. The summed E-state index contributed by atoms with van der Waals surface area (Å²) in [6, 6.07) is 15.6. The fourth-order valence-electron chi connectivity index (χ4n) is 2.12. The smallest absolute Gasteiger partial charge is 0.227 e. The SMILES string of the molecule is NC(=O)CSc1nnc(-c2cccc(F)c2)n1-c1ccccc1. The molecule has 2 N–H and O–H groups in total. The Balaban J connectivity index is 2.11. The Morgan fingerprint density at radius 3 is 2.61 bits per heavy atom. The maximum absolute atomic E-state index is 13.5. The van der Waals surface area contributed by atoms with Gasteiger partial charge in [-0.25, -0.2) is 4.39 Å². The van der Waals surface area contributed by atoms with Crippen LogP contribution in [0.4, 0.5) is 4.39 Å². The second-order valence-corrected chi connectivity index (χ2v) is 5.68. The molecule has 5 nitrogen and oxygen atoms in total. The molecule has 0 saturated heterocycles. The van der Waals surface area contributed by atoms with E-state index in [1.807, 2.05) is 30.3 Å². The molecule has 1 amide bonds. The standard InChI is InChI=1S/C16H13FN4OS/c17-12-6-4-5-11(9-12)15-19-20-16(23-10-14(18)22)21(15)13-7-2-1-3-8-13/h1-9H,10H2,(H2,18,22). The quantitative estimate of drug-likeness (QED) is 0.731. The average Bonchev–Trinajstić information content (AvgIpc) is 2.97. The number of rotatable bonds is 5.